The van der Waals surface area contributed by atoms with Crippen LogP contribution in [0.2, 0.25) is 0 Å². The van der Waals surface area contributed by atoms with E-state index < -0.39 is 5.97 Å². The third-order valence-electron chi connectivity index (χ3n) is 5.55. The van der Waals surface area contributed by atoms with Crippen molar-refractivity contribution in [1.82, 2.24) is 0 Å². The summed E-state index contributed by atoms with van der Waals surface area (Å²) in [6, 6.07) is 10.4. The largest absolute Gasteiger partial charge is 0.482 e. The number of methoxy groups -OCH3 is 1. The molecule has 0 spiro atoms. The average molecular weight is 381 g/mol. The molecule has 0 radical (unpaired) electrons. The van der Waals surface area contributed by atoms with Gasteiger partial charge in [0.25, 0.3) is 0 Å². The first-order valence-electron chi connectivity index (χ1n) is 9.70. The molecule has 2 unspecified atom stereocenters. The molecular weight excluding hydrogens is 354 g/mol. The molecule has 0 aliphatic heterocycles. The van der Waals surface area contributed by atoms with Crippen LogP contribution in [0.3, 0.4) is 0 Å². The first-order valence-corrected chi connectivity index (χ1v) is 9.70. The van der Waals surface area contributed by atoms with E-state index in [4.69, 9.17) is 10.5 Å². The summed E-state index contributed by atoms with van der Waals surface area (Å²) >= 11 is 0. The van der Waals surface area contributed by atoms with Gasteiger partial charge in [-0.25, -0.2) is 4.79 Å². The Hall–Kier alpha value is -2.82. The zero-order chi connectivity index (χ0) is 20.1. The van der Waals surface area contributed by atoms with Crippen LogP contribution in [0.5, 0.6) is 0 Å². The molecule has 1 aromatic rings. The van der Waals surface area contributed by atoms with Gasteiger partial charge in [0.1, 0.15) is 5.76 Å². The molecule has 3 rings (SSSR count). The SMILES string of the molecule is CCC1=C(CC(N)=O)C2=C(OCC(=O)OC)C=CCC2C1Cc1ccccc1. The second-order valence-corrected chi connectivity index (χ2v) is 7.18. The van der Waals surface area contributed by atoms with Crippen molar-refractivity contribution in [2.75, 3.05) is 13.7 Å². The minimum absolute atomic E-state index is 0.152. The van der Waals surface area contributed by atoms with Crippen LogP contribution in [-0.4, -0.2) is 25.6 Å². The van der Waals surface area contributed by atoms with E-state index >= 15 is 0 Å². The smallest absolute Gasteiger partial charge is 0.343 e. The van der Waals surface area contributed by atoms with E-state index in [1.165, 1.54) is 18.2 Å². The highest BCUT2D eigenvalue weighted by Gasteiger charge is 2.40. The lowest BCUT2D eigenvalue weighted by Crippen LogP contribution is -2.20. The number of carbonyl (C=O) groups is 2. The minimum atomic E-state index is -0.432. The molecular formula is C23H27NO4. The molecule has 0 heterocycles. The molecule has 1 aromatic carbocycles. The summed E-state index contributed by atoms with van der Waals surface area (Å²) < 4.78 is 10.5. The summed E-state index contributed by atoms with van der Waals surface area (Å²) in [7, 11) is 1.34. The van der Waals surface area contributed by atoms with Crippen LogP contribution in [0.25, 0.3) is 0 Å². The summed E-state index contributed by atoms with van der Waals surface area (Å²) in [6.45, 7) is 1.97. The Kier molecular flexibility index (Phi) is 6.34. The molecule has 5 heteroatoms. The maximum atomic E-state index is 11.8. The van der Waals surface area contributed by atoms with E-state index in [9.17, 15) is 9.59 Å². The van der Waals surface area contributed by atoms with Crippen molar-refractivity contribution in [2.24, 2.45) is 17.6 Å². The number of hydrogen-bond donors (Lipinski definition) is 1. The Labute approximate surface area is 165 Å². The summed E-state index contributed by atoms with van der Waals surface area (Å²) in [5, 5.41) is 0. The molecule has 2 aliphatic rings. The van der Waals surface area contributed by atoms with E-state index in [1.54, 1.807) is 0 Å². The second kappa shape index (κ2) is 8.91. The number of amides is 1. The van der Waals surface area contributed by atoms with E-state index in [1.807, 2.05) is 24.3 Å². The third-order valence-corrected chi connectivity index (χ3v) is 5.55. The van der Waals surface area contributed by atoms with Crippen molar-refractivity contribution >= 4 is 11.9 Å². The van der Waals surface area contributed by atoms with E-state index in [2.05, 4.69) is 29.9 Å². The van der Waals surface area contributed by atoms with Gasteiger partial charge in [-0.3, -0.25) is 4.79 Å². The monoisotopic (exact) mass is 381 g/mol. The number of nitrogens with two attached hydrogens (primary N) is 1. The lowest BCUT2D eigenvalue weighted by atomic mass is 9.79. The number of esters is 1. The van der Waals surface area contributed by atoms with Gasteiger partial charge in [-0.1, -0.05) is 48.9 Å². The first kappa shape index (κ1) is 19.9. The molecule has 2 aliphatic carbocycles. The van der Waals surface area contributed by atoms with Gasteiger partial charge in [0.15, 0.2) is 6.61 Å². The van der Waals surface area contributed by atoms with Crippen molar-refractivity contribution in [3.8, 4) is 0 Å². The number of ether oxygens (including phenoxy) is 2. The highest BCUT2D eigenvalue weighted by atomic mass is 16.6. The summed E-state index contributed by atoms with van der Waals surface area (Å²) in [4.78, 5) is 23.4. The van der Waals surface area contributed by atoms with E-state index in [0.29, 0.717) is 11.7 Å². The van der Waals surface area contributed by atoms with Gasteiger partial charge in [-0.15, -0.1) is 0 Å². The molecule has 0 saturated carbocycles. The summed E-state index contributed by atoms with van der Waals surface area (Å²) in [5.41, 5.74) is 10.1. The Morgan fingerprint density at radius 2 is 1.96 bits per heavy atom. The third kappa shape index (κ3) is 4.19. The van der Waals surface area contributed by atoms with Crippen molar-refractivity contribution in [1.29, 1.82) is 0 Å². The number of benzene rings is 1. The second-order valence-electron chi connectivity index (χ2n) is 7.18. The van der Waals surface area contributed by atoms with Crippen LogP contribution in [0.15, 0.2) is 65.0 Å². The molecule has 0 saturated heterocycles. The van der Waals surface area contributed by atoms with Crippen molar-refractivity contribution in [3.63, 3.8) is 0 Å². The van der Waals surface area contributed by atoms with Crippen molar-refractivity contribution < 1.29 is 19.1 Å². The molecule has 5 nitrogen and oxygen atoms in total. The summed E-state index contributed by atoms with van der Waals surface area (Å²) in [6.07, 6.45) is 6.80. The zero-order valence-electron chi connectivity index (χ0n) is 16.4. The van der Waals surface area contributed by atoms with E-state index in [-0.39, 0.29) is 24.9 Å². The van der Waals surface area contributed by atoms with Crippen LogP contribution >= 0.6 is 0 Å². The van der Waals surface area contributed by atoms with Crippen LogP contribution in [0.4, 0.5) is 0 Å². The van der Waals surface area contributed by atoms with E-state index in [0.717, 1.165) is 30.4 Å². The molecule has 148 valence electrons. The van der Waals surface area contributed by atoms with Crippen LogP contribution in [0, 0.1) is 11.8 Å². The fourth-order valence-corrected chi connectivity index (χ4v) is 4.40. The normalized spacial score (nSPS) is 20.9. The Morgan fingerprint density at radius 1 is 1.21 bits per heavy atom. The number of carbonyl (C=O) groups excluding carboxylic acids is 2. The van der Waals surface area contributed by atoms with Gasteiger partial charge in [0.05, 0.1) is 13.5 Å². The highest BCUT2D eigenvalue weighted by Crippen LogP contribution is 2.50. The number of allylic oxidation sites excluding steroid dienone is 4. The number of hydrogen-bond acceptors (Lipinski definition) is 4. The Balaban J connectivity index is 2.00. The molecule has 28 heavy (non-hydrogen) atoms. The van der Waals surface area contributed by atoms with Crippen LogP contribution < -0.4 is 5.73 Å². The fraction of sp³-hybridized carbons (Fsp3) is 0.391. The van der Waals surface area contributed by atoms with Gasteiger partial charge >= 0.3 is 5.97 Å². The van der Waals surface area contributed by atoms with Gasteiger partial charge in [0.2, 0.25) is 5.91 Å². The van der Waals surface area contributed by atoms with Crippen molar-refractivity contribution in [2.45, 2.75) is 32.6 Å². The first-order chi connectivity index (χ1) is 13.5. The maximum Gasteiger partial charge on any atom is 0.343 e. The van der Waals surface area contributed by atoms with Gasteiger partial charge in [-0.2, -0.15) is 0 Å². The fourth-order valence-electron chi connectivity index (χ4n) is 4.40. The van der Waals surface area contributed by atoms with Crippen molar-refractivity contribution in [3.05, 3.63) is 70.5 Å². The molecule has 2 atom stereocenters. The molecule has 0 bridgehead atoms. The van der Waals surface area contributed by atoms with Crippen LogP contribution in [0.1, 0.15) is 31.7 Å². The molecule has 1 amide bonds. The lowest BCUT2D eigenvalue weighted by Gasteiger charge is -2.26. The number of rotatable bonds is 8. The molecule has 2 N–H and O–H groups in total. The predicted molar refractivity (Wildman–Crippen MR) is 107 cm³/mol. The van der Waals surface area contributed by atoms with Gasteiger partial charge < -0.3 is 15.2 Å². The highest BCUT2D eigenvalue weighted by molar-refractivity contribution is 5.79. The van der Waals surface area contributed by atoms with Gasteiger partial charge in [0, 0.05) is 5.57 Å². The van der Waals surface area contributed by atoms with Gasteiger partial charge in [-0.05, 0) is 48.3 Å². The Bertz CT molecular complexity index is 835. The predicted octanol–water partition coefficient (Wildman–Crippen LogP) is 3.46. The summed E-state index contributed by atoms with van der Waals surface area (Å²) in [5.74, 6) is 0.382. The topological polar surface area (TPSA) is 78.6 Å². The molecule has 0 fully saturated rings. The quantitative estimate of drug-likeness (QED) is 0.700. The average Bonchev–Trinajstić information content (AvgIpc) is 2.99. The maximum absolute atomic E-state index is 11.8. The molecule has 0 aromatic heterocycles. The number of primary amides is 1. The number of fused-ring (bicyclic) bond motifs is 1. The Morgan fingerprint density at radius 3 is 2.61 bits per heavy atom. The standard InChI is InChI=1S/C23H27NO4/c1-3-16-18(12-15-8-5-4-6-9-15)17-10-7-11-20(28-14-22(26)27-2)23(17)19(16)13-21(24)25/h4-9,11,17-18H,3,10,12-14H2,1-2H3,(H2,24,25). The van der Waals surface area contributed by atoms with Crippen LogP contribution in [-0.2, 0) is 25.5 Å². The lowest BCUT2D eigenvalue weighted by molar-refractivity contribution is -0.144. The zero-order valence-corrected chi connectivity index (χ0v) is 16.4. The minimum Gasteiger partial charge on any atom is -0.482 e.